The molecule has 1 aromatic carbocycles. The van der Waals surface area contributed by atoms with Gasteiger partial charge in [0.15, 0.2) is 5.82 Å². The number of pyridine rings is 1. The topological polar surface area (TPSA) is 101 Å². The molecule has 8 heteroatoms. The number of benzene rings is 1. The highest BCUT2D eigenvalue weighted by Gasteiger charge is 2.11. The fourth-order valence-corrected chi connectivity index (χ4v) is 2.31. The molecule has 118 valence electrons. The van der Waals surface area contributed by atoms with Gasteiger partial charge in [-0.1, -0.05) is 30.3 Å². The Balaban J connectivity index is 1.72. The minimum atomic E-state index is -0.480. The van der Waals surface area contributed by atoms with Crippen LogP contribution in [0.2, 0.25) is 0 Å². The van der Waals surface area contributed by atoms with Gasteiger partial charge < -0.3 is 5.32 Å². The first kappa shape index (κ1) is 14.1. The molecule has 0 saturated carbocycles. The van der Waals surface area contributed by atoms with Gasteiger partial charge in [0.1, 0.15) is 0 Å². The second kappa shape index (κ2) is 5.92. The van der Waals surface area contributed by atoms with Gasteiger partial charge in [-0.3, -0.25) is 9.97 Å². The van der Waals surface area contributed by atoms with E-state index < -0.39 is 5.69 Å². The van der Waals surface area contributed by atoms with Gasteiger partial charge in [-0.15, -0.1) is 5.10 Å². The van der Waals surface area contributed by atoms with Gasteiger partial charge in [0, 0.05) is 24.5 Å². The van der Waals surface area contributed by atoms with E-state index in [1.165, 1.54) is 4.52 Å². The number of rotatable bonds is 4. The first-order valence-corrected chi connectivity index (χ1v) is 7.35. The van der Waals surface area contributed by atoms with E-state index in [-0.39, 0.29) is 0 Å². The predicted octanol–water partition coefficient (Wildman–Crippen LogP) is 1.49. The van der Waals surface area contributed by atoms with E-state index >= 15 is 0 Å². The summed E-state index contributed by atoms with van der Waals surface area (Å²) >= 11 is 0. The molecule has 0 fully saturated rings. The maximum atomic E-state index is 11.8. The number of fused-ring (bicyclic) bond motifs is 1. The third-order valence-electron chi connectivity index (χ3n) is 3.47. The van der Waals surface area contributed by atoms with Crippen molar-refractivity contribution in [3.63, 3.8) is 0 Å². The van der Waals surface area contributed by atoms with Crippen molar-refractivity contribution in [2.24, 2.45) is 0 Å². The van der Waals surface area contributed by atoms with Gasteiger partial charge in [0.2, 0.25) is 11.7 Å². The highest BCUT2D eigenvalue weighted by Crippen LogP contribution is 2.15. The third kappa shape index (κ3) is 2.72. The summed E-state index contributed by atoms with van der Waals surface area (Å²) in [6.07, 6.45) is 3.42. The SMILES string of the molecule is O=c1nc(NCc2ccncc2)n2nc(-c3ccccc3)nc2[nH]1. The van der Waals surface area contributed by atoms with Crippen molar-refractivity contribution in [2.45, 2.75) is 6.54 Å². The Labute approximate surface area is 136 Å². The molecule has 4 rings (SSSR count). The minimum absolute atomic E-state index is 0.334. The number of nitrogens with one attached hydrogen (secondary N) is 2. The van der Waals surface area contributed by atoms with Crippen LogP contribution in [-0.2, 0) is 6.54 Å². The Kier molecular flexibility index (Phi) is 3.47. The Morgan fingerprint density at radius 2 is 1.83 bits per heavy atom. The zero-order chi connectivity index (χ0) is 16.4. The Morgan fingerprint density at radius 3 is 2.62 bits per heavy atom. The number of H-pyrrole nitrogens is 1. The van der Waals surface area contributed by atoms with Crippen molar-refractivity contribution in [3.05, 3.63) is 70.9 Å². The van der Waals surface area contributed by atoms with Gasteiger partial charge in [-0.25, -0.2) is 4.79 Å². The fraction of sp³-hybridized carbons (Fsp3) is 0.0625. The van der Waals surface area contributed by atoms with Crippen molar-refractivity contribution in [2.75, 3.05) is 5.32 Å². The van der Waals surface area contributed by atoms with Gasteiger partial charge in [0.05, 0.1) is 0 Å². The van der Waals surface area contributed by atoms with E-state index in [9.17, 15) is 4.79 Å². The summed E-state index contributed by atoms with van der Waals surface area (Å²) < 4.78 is 1.49. The van der Waals surface area contributed by atoms with Crippen molar-refractivity contribution in [1.82, 2.24) is 29.5 Å². The average Bonchev–Trinajstić information content (AvgIpc) is 3.05. The van der Waals surface area contributed by atoms with Crippen LogP contribution in [0.5, 0.6) is 0 Å². The highest BCUT2D eigenvalue weighted by molar-refractivity contribution is 5.57. The van der Waals surface area contributed by atoms with Crippen LogP contribution in [0.25, 0.3) is 17.2 Å². The summed E-state index contributed by atoms with van der Waals surface area (Å²) in [7, 11) is 0. The summed E-state index contributed by atoms with van der Waals surface area (Å²) in [6, 6.07) is 13.3. The summed E-state index contributed by atoms with van der Waals surface area (Å²) in [5.74, 6) is 1.19. The second-order valence-electron chi connectivity index (χ2n) is 5.11. The first-order valence-electron chi connectivity index (χ1n) is 7.35. The maximum Gasteiger partial charge on any atom is 0.351 e. The van der Waals surface area contributed by atoms with Gasteiger partial charge in [0.25, 0.3) is 0 Å². The number of anilines is 1. The number of hydrogen-bond donors (Lipinski definition) is 2. The molecule has 0 spiro atoms. The standard InChI is InChI=1S/C16H13N7O/c24-16-20-14(18-10-11-6-8-17-9-7-11)23-15(21-16)19-13(22-23)12-4-2-1-3-5-12/h1-9H,10H2,(H2,18,19,20,21,22,24). The molecule has 0 bridgehead atoms. The number of nitrogens with zero attached hydrogens (tertiary/aromatic N) is 5. The van der Waals surface area contributed by atoms with Gasteiger partial charge >= 0.3 is 5.69 Å². The minimum Gasteiger partial charge on any atom is -0.350 e. The van der Waals surface area contributed by atoms with Crippen LogP contribution in [-0.4, -0.2) is 29.5 Å². The van der Waals surface area contributed by atoms with Gasteiger partial charge in [-0.05, 0) is 17.7 Å². The molecule has 0 aliphatic rings. The molecular weight excluding hydrogens is 306 g/mol. The molecule has 4 aromatic rings. The normalized spacial score (nSPS) is 10.8. The molecule has 3 aromatic heterocycles. The number of hydrogen-bond acceptors (Lipinski definition) is 6. The maximum absolute atomic E-state index is 11.8. The van der Waals surface area contributed by atoms with Crippen LogP contribution in [0, 0.1) is 0 Å². The van der Waals surface area contributed by atoms with Crippen LogP contribution >= 0.6 is 0 Å². The van der Waals surface area contributed by atoms with Crippen LogP contribution < -0.4 is 11.0 Å². The summed E-state index contributed by atoms with van der Waals surface area (Å²) in [6.45, 7) is 0.495. The Morgan fingerprint density at radius 1 is 1.04 bits per heavy atom. The molecule has 24 heavy (non-hydrogen) atoms. The lowest BCUT2D eigenvalue weighted by molar-refractivity contribution is 0.863. The smallest absolute Gasteiger partial charge is 0.350 e. The van der Waals surface area contributed by atoms with Crippen molar-refractivity contribution < 1.29 is 0 Å². The molecule has 0 unspecified atom stereocenters. The second-order valence-corrected chi connectivity index (χ2v) is 5.11. The van der Waals surface area contributed by atoms with Crippen molar-refractivity contribution in [1.29, 1.82) is 0 Å². The van der Waals surface area contributed by atoms with Crippen LogP contribution in [0.1, 0.15) is 5.56 Å². The number of aromatic nitrogens is 6. The Bertz CT molecular complexity index is 1020. The van der Waals surface area contributed by atoms with Crippen LogP contribution in [0.15, 0.2) is 59.7 Å². The van der Waals surface area contributed by atoms with E-state index in [0.717, 1.165) is 11.1 Å². The molecule has 0 aliphatic heterocycles. The molecule has 0 amide bonds. The molecule has 3 heterocycles. The molecular formula is C16H13N7O. The van der Waals surface area contributed by atoms with Crippen LogP contribution in [0.3, 0.4) is 0 Å². The summed E-state index contributed by atoms with van der Waals surface area (Å²) in [5, 5.41) is 7.55. The molecule has 0 aliphatic carbocycles. The quantitative estimate of drug-likeness (QED) is 0.591. The monoisotopic (exact) mass is 319 g/mol. The van der Waals surface area contributed by atoms with E-state index in [1.54, 1.807) is 12.4 Å². The fourth-order valence-electron chi connectivity index (χ4n) is 2.31. The number of aromatic amines is 1. The first-order chi connectivity index (χ1) is 11.8. The predicted molar refractivity (Wildman–Crippen MR) is 88.4 cm³/mol. The van der Waals surface area contributed by atoms with E-state index in [4.69, 9.17) is 0 Å². The highest BCUT2D eigenvalue weighted by atomic mass is 16.1. The lowest BCUT2D eigenvalue weighted by Crippen LogP contribution is -2.18. The molecule has 8 nitrogen and oxygen atoms in total. The summed E-state index contributed by atoms with van der Waals surface area (Å²) in [4.78, 5) is 26.6. The van der Waals surface area contributed by atoms with Crippen molar-refractivity contribution in [3.8, 4) is 11.4 Å². The molecule has 0 radical (unpaired) electrons. The largest absolute Gasteiger partial charge is 0.351 e. The van der Waals surface area contributed by atoms with Crippen LogP contribution in [0.4, 0.5) is 5.95 Å². The lowest BCUT2D eigenvalue weighted by Gasteiger charge is -2.05. The van der Waals surface area contributed by atoms with E-state index in [0.29, 0.717) is 24.1 Å². The summed E-state index contributed by atoms with van der Waals surface area (Å²) in [5.41, 5.74) is 1.40. The lowest BCUT2D eigenvalue weighted by atomic mass is 10.2. The Hall–Kier alpha value is -3.55. The average molecular weight is 319 g/mol. The molecule has 0 atom stereocenters. The molecule has 0 saturated heterocycles. The molecule has 2 N–H and O–H groups in total. The third-order valence-corrected chi connectivity index (χ3v) is 3.47. The van der Waals surface area contributed by atoms with E-state index in [2.05, 4.69) is 30.4 Å². The van der Waals surface area contributed by atoms with Crippen molar-refractivity contribution >= 4 is 11.7 Å². The van der Waals surface area contributed by atoms with Gasteiger partial charge in [-0.2, -0.15) is 14.5 Å². The van der Waals surface area contributed by atoms with E-state index in [1.807, 2.05) is 42.5 Å². The zero-order valence-electron chi connectivity index (χ0n) is 12.5. The zero-order valence-corrected chi connectivity index (χ0v) is 12.5.